The highest BCUT2D eigenvalue weighted by Crippen LogP contribution is 2.10. The molecule has 2 rings (SSSR count). The Kier molecular flexibility index (Phi) is 6.80. The van der Waals surface area contributed by atoms with Crippen LogP contribution < -0.4 is 16.0 Å². The third-order valence-corrected chi connectivity index (χ3v) is 3.55. The van der Waals surface area contributed by atoms with Crippen molar-refractivity contribution >= 4 is 11.9 Å². The third-order valence-electron chi connectivity index (χ3n) is 3.55. The van der Waals surface area contributed by atoms with E-state index in [4.69, 9.17) is 4.74 Å². The Labute approximate surface area is 134 Å². The zero-order chi connectivity index (χ0) is 16.5. The van der Waals surface area contributed by atoms with Gasteiger partial charge in [0, 0.05) is 31.8 Å². The van der Waals surface area contributed by atoms with Crippen molar-refractivity contribution in [2.24, 2.45) is 0 Å². The monoisotopic (exact) mass is 323 g/mol. The van der Waals surface area contributed by atoms with E-state index in [0.717, 1.165) is 19.4 Å². The number of amides is 3. The lowest BCUT2D eigenvalue weighted by molar-refractivity contribution is 0.0953. The third kappa shape index (κ3) is 6.23. The second kappa shape index (κ2) is 9.09. The van der Waals surface area contributed by atoms with Crippen LogP contribution in [-0.4, -0.2) is 44.3 Å². The fourth-order valence-corrected chi connectivity index (χ4v) is 2.27. The number of carbonyl (C=O) groups is 2. The van der Waals surface area contributed by atoms with Gasteiger partial charge in [-0.1, -0.05) is 0 Å². The highest BCUT2D eigenvalue weighted by Gasteiger charge is 2.15. The van der Waals surface area contributed by atoms with Gasteiger partial charge in [-0.15, -0.1) is 0 Å². The molecule has 7 heteroatoms. The lowest BCUT2D eigenvalue weighted by Gasteiger charge is -2.11. The highest BCUT2D eigenvalue weighted by atomic mass is 19.1. The first-order valence-electron chi connectivity index (χ1n) is 7.82. The van der Waals surface area contributed by atoms with Crippen LogP contribution in [0.25, 0.3) is 0 Å². The van der Waals surface area contributed by atoms with Crippen molar-refractivity contribution in [1.29, 1.82) is 0 Å². The Hall–Kier alpha value is -2.15. The molecule has 0 spiro atoms. The van der Waals surface area contributed by atoms with Crippen molar-refractivity contribution in [3.05, 3.63) is 35.6 Å². The molecule has 1 aliphatic heterocycles. The van der Waals surface area contributed by atoms with E-state index in [2.05, 4.69) is 16.0 Å². The molecular formula is C16H22FN3O3. The first-order valence-corrected chi connectivity index (χ1v) is 7.82. The predicted octanol–water partition coefficient (Wildman–Crippen LogP) is 1.42. The number of carbonyl (C=O) groups excluding carboxylic acids is 2. The van der Waals surface area contributed by atoms with E-state index in [0.29, 0.717) is 31.6 Å². The maximum Gasteiger partial charge on any atom is 0.314 e. The Bertz CT molecular complexity index is 516. The van der Waals surface area contributed by atoms with E-state index >= 15 is 0 Å². The quantitative estimate of drug-likeness (QED) is 0.664. The van der Waals surface area contributed by atoms with Crippen molar-refractivity contribution in [1.82, 2.24) is 16.0 Å². The Balaban J connectivity index is 1.52. The molecule has 1 atom stereocenters. The smallest absolute Gasteiger partial charge is 0.314 e. The zero-order valence-corrected chi connectivity index (χ0v) is 12.9. The summed E-state index contributed by atoms with van der Waals surface area (Å²) in [6, 6.07) is 5.12. The van der Waals surface area contributed by atoms with E-state index in [-0.39, 0.29) is 23.9 Å². The fourth-order valence-electron chi connectivity index (χ4n) is 2.27. The van der Waals surface area contributed by atoms with Gasteiger partial charge in [0.2, 0.25) is 0 Å². The summed E-state index contributed by atoms with van der Waals surface area (Å²) in [5, 5.41) is 8.19. The summed E-state index contributed by atoms with van der Waals surface area (Å²) in [5.41, 5.74) is 0.411. The lowest BCUT2D eigenvalue weighted by atomic mass is 10.2. The number of hydrogen-bond donors (Lipinski definition) is 3. The maximum atomic E-state index is 12.8. The normalized spacial score (nSPS) is 16.8. The zero-order valence-electron chi connectivity index (χ0n) is 12.9. The molecule has 0 saturated carbocycles. The standard InChI is InChI=1S/C16H22FN3O3/c17-13-6-4-12(5-7-13)15(21)18-8-2-9-19-16(22)20-11-14-3-1-10-23-14/h4-7,14H,1-3,8-11H2,(H,18,21)(H2,19,20,22)/t14-/m1/s1. The molecule has 1 aromatic carbocycles. The molecule has 1 saturated heterocycles. The van der Waals surface area contributed by atoms with E-state index in [1.54, 1.807) is 0 Å². The molecule has 0 unspecified atom stereocenters. The van der Waals surface area contributed by atoms with Crippen LogP contribution in [0.1, 0.15) is 29.6 Å². The minimum Gasteiger partial charge on any atom is -0.376 e. The Morgan fingerprint density at radius 3 is 2.57 bits per heavy atom. The van der Waals surface area contributed by atoms with Gasteiger partial charge in [-0.25, -0.2) is 9.18 Å². The second-order valence-electron chi connectivity index (χ2n) is 5.39. The van der Waals surface area contributed by atoms with Gasteiger partial charge < -0.3 is 20.7 Å². The second-order valence-corrected chi connectivity index (χ2v) is 5.39. The predicted molar refractivity (Wildman–Crippen MR) is 83.7 cm³/mol. The molecule has 1 aliphatic rings. The van der Waals surface area contributed by atoms with E-state index in [1.165, 1.54) is 24.3 Å². The van der Waals surface area contributed by atoms with Crippen LogP contribution in [0.3, 0.4) is 0 Å². The highest BCUT2D eigenvalue weighted by molar-refractivity contribution is 5.94. The van der Waals surface area contributed by atoms with Crippen LogP contribution in [0.4, 0.5) is 9.18 Å². The summed E-state index contributed by atoms with van der Waals surface area (Å²) in [6.45, 7) is 2.18. The SMILES string of the molecule is O=C(NCCCNC(=O)c1ccc(F)cc1)NC[C@H]1CCCO1. The minimum absolute atomic E-state index is 0.121. The van der Waals surface area contributed by atoms with Gasteiger partial charge in [0.1, 0.15) is 5.82 Å². The van der Waals surface area contributed by atoms with Gasteiger partial charge in [0.15, 0.2) is 0 Å². The topological polar surface area (TPSA) is 79.5 Å². The van der Waals surface area contributed by atoms with E-state index in [9.17, 15) is 14.0 Å². The summed E-state index contributed by atoms with van der Waals surface area (Å²) in [4.78, 5) is 23.3. The molecule has 6 nitrogen and oxygen atoms in total. The Morgan fingerprint density at radius 2 is 1.87 bits per heavy atom. The van der Waals surface area contributed by atoms with Crippen LogP contribution in [0.2, 0.25) is 0 Å². The van der Waals surface area contributed by atoms with Gasteiger partial charge in [-0.3, -0.25) is 4.79 Å². The van der Waals surface area contributed by atoms with Crippen LogP contribution >= 0.6 is 0 Å². The number of rotatable bonds is 7. The van der Waals surface area contributed by atoms with E-state index in [1.807, 2.05) is 0 Å². The molecule has 3 N–H and O–H groups in total. The molecule has 0 radical (unpaired) electrons. The molecule has 23 heavy (non-hydrogen) atoms. The molecule has 3 amide bonds. The van der Waals surface area contributed by atoms with Crippen LogP contribution in [-0.2, 0) is 4.74 Å². The average molecular weight is 323 g/mol. The molecular weight excluding hydrogens is 301 g/mol. The molecule has 126 valence electrons. The van der Waals surface area contributed by atoms with Crippen molar-refractivity contribution in [2.45, 2.75) is 25.4 Å². The van der Waals surface area contributed by atoms with Gasteiger partial charge in [0.25, 0.3) is 5.91 Å². The molecule has 1 aromatic rings. The fraction of sp³-hybridized carbons (Fsp3) is 0.500. The van der Waals surface area contributed by atoms with Crippen LogP contribution in [0, 0.1) is 5.82 Å². The van der Waals surface area contributed by atoms with Crippen LogP contribution in [0.15, 0.2) is 24.3 Å². The molecule has 0 aliphatic carbocycles. The number of hydrogen-bond acceptors (Lipinski definition) is 3. The number of ether oxygens (including phenoxy) is 1. The largest absolute Gasteiger partial charge is 0.376 e. The van der Waals surface area contributed by atoms with Crippen molar-refractivity contribution in [3.63, 3.8) is 0 Å². The van der Waals surface area contributed by atoms with Gasteiger partial charge >= 0.3 is 6.03 Å². The minimum atomic E-state index is -0.375. The van der Waals surface area contributed by atoms with Gasteiger partial charge in [-0.05, 0) is 43.5 Å². The Morgan fingerprint density at radius 1 is 1.13 bits per heavy atom. The number of urea groups is 1. The number of nitrogens with one attached hydrogen (secondary N) is 3. The summed E-state index contributed by atoms with van der Waals surface area (Å²) < 4.78 is 18.2. The summed E-state index contributed by atoms with van der Waals surface area (Å²) in [6.07, 6.45) is 2.76. The average Bonchev–Trinajstić information content (AvgIpc) is 3.06. The van der Waals surface area contributed by atoms with Gasteiger partial charge in [-0.2, -0.15) is 0 Å². The first kappa shape index (κ1) is 17.2. The van der Waals surface area contributed by atoms with E-state index < -0.39 is 0 Å². The molecule has 1 fully saturated rings. The van der Waals surface area contributed by atoms with Crippen molar-refractivity contribution in [2.75, 3.05) is 26.2 Å². The maximum absolute atomic E-state index is 12.8. The van der Waals surface area contributed by atoms with Crippen molar-refractivity contribution in [3.8, 4) is 0 Å². The first-order chi connectivity index (χ1) is 11.1. The number of benzene rings is 1. The van der Waals surface area contributed by atoms with Crippen LogP contribution in [0.5, 0.6) is 0 Å². The summed E-state index contributed by atoms with van der Waals surface area (Å²) in [7, 11) is 0. The molecule has 1 heterocycles. The summed E-state index contributed by atoms with van der Waals surface area (Å²) >= 11 is 0. The summed E-state index contributed by atoms with van der Waals surface area (Å²) in [5.74, 6) is -0.632. The number of halogens is 1. The molecule has 0 aromatic heterocycles. The van der Waals surface area contributed by atoms with Gasteiger partial charge in [0.05, 0.1) is 6.10 Å². The lowest BCUT2D eigenvalue weighted by Crippen LogP contribution is -2.40. The molecule has 0 bridgehead atoms. The van der Waals surface area contributed by atoms with Crippen molar-refractivity contribution < 1.29 is 18.7 Å².